The first-order valence-corrected chi connectivity index (χ1v) is 8.51. The summed E-state index contributed by atoms with van der Waals surface area (Å²) < 4.78 is 18.1. The number of nitrogens with zero attached hydrogens (tertiary/aromatic N) is 1. The number of esters is 1. The van der Waals surface area contributed by atoms with Gasteiger partial charge in [-0.2, -0.15) is 0 Å². The number of rotatable bonds is 7. The number of halogens is 1. The molecular weight excluding hydrogens is 351 g/mol. The zero-order valence-electron chi connectivity index (χ0n) is 15.2. The van der Waals surface area contributed by atoms with E-state index in [2.05, 4.69) is 5.32 Å². The minimum absolute atomic E-state index is 0.0374. The lowest BCUT2D eigenvalue weighted by Crippen LogP contribution is -2.32. The molecule has 6 nitrogen and oxygen atoms in total. The molecule has 2 aromatic rings. The zero-order chi connectivity index (χ0) is 19.8. The van der Waals surface area contributed by atoms with E-state index in [1.165, 1.54) is 30.0 Å². The number of carbonyl (C=O) groups is 3. The van der Waals surface area contributed by atoms with Gasteiger partial charge in [0.2, 0.25) is 11.8 Å². The van der Waals surface area contributed by atoms with Crippen LogP contribution >= 0.6 is 0 Å². The molecule has 0 saturated carbocycles. The lowest BCUT2D eigenvalue weighted by atomic mass is 10.2. The summed E-state index contributed by atoms with van der Waals surface area (Å²) in [4.78, 5) is 37.1. The number of ether oxygens (including phenoxy) is 1. The van der Waals surface area contributed by atoms with Crippen LogP contribution in [-0.2, 0) is 14.3 Å². The van der Waals surface area contributed by atoms with Crippen molar-refractivity contribution in [2.75, 3.05) is 23.4 Å². The molecule has 1 N–H and O–H groups in total. The zero-order valence-corrected chi connectivity index (χ0v) is 15.2. The van der Waals surface area contributed by atoms with Gasteiger partial charge >= 0.3 is 5.97 Å². The smallest absolute Gasteiger partial charge is 0.338 e. The van der Waals surface area contributed by atoms with E-state index in [9.17, 15) is 18.8 Å². The molecule has 0 aliphatic carbocycles. The molecule has 27 heavy (non-hydrogen) atoms. The summed E-state index contributed by atoms with van der Waals surface area (Å²) >= 11 is 0. The second-order valence-electron chi connectivity index (χ2n) is 5.75. The Morgan fingerprint density at radius 2 is 1.81 bits per heavy atom. The van der Waals surface area contributed by atoms with Gasteiger partial charge in [0.1, 0.15) is 5.82 Å². The van der Waals surface area contributed by atoms with Crippen molar-refractivity contribution >= 4 is 29.2 Å². The molecule has 0 fully saturated rings. The number of anilines is 2. The van der Waals surface area contributed by atoms with E-state index in [1.807, 2.05) is 0 Å². The molecule has 2 amide bonds. The van der Waals surface area contributed by atoms with Crippen LogP contribution in [-0.4, -0.2) is 30.9 Å². The van der Waals surface area contributed by atoms with Crippen molar-refractivity contribution in [3.05, 3.63) is 59.9 Å². The summed E-state index contributed by atoms with van der Waals surface area (Å²) in [5, 5.41) is 2.59. The lowest BCUT2D eigenvalue weighted by molar-refractivity contribution is -0.117. The predicted octanol–water partition coefficient (Wildman–Crippen LogP) is 3.38. The third kappa shape index (κ3) is 5.91. The van der Waals surface area contributed by atoms with Crippen LogP contribution in [0.2, 0.25) is 0 Å². The van der Waals surface area contributed by atoms with Crippen LogP contribution in [0.4, 0.5) is 15.8 Å². The number of carbonyl (C=O) groups excluding carboxylic acids is 3. The van der Waals surface area contributed by atoms with Gasteiger partial charge in [-0.25, -0.2) is 9.18 Å². The van der Waals surface area contributed by atoms with Crippen LogP contribution < -0.4 is 10.2 Å². The molecule has 0 saturated heterocycles. The largest absolute Gasteiger partial charge is 0.462 e. The van der Waals surface area contributed by atoms with E-state index >= 15 is 0 Å². The average molecular weight is 372 g/mol. The third-order valence-corrected chi connectivity index (χ3v) is 3.74. The monoisotopic (exact) mass is 372 g/mol. The van der Waals surface area contributed by atoms with Crippen molar-refractivity contribution in [2.45, 2.75) is 20.3 Å². The Morgan fingerprint density at radius 1 is 1.11 bits per heavy atom. The van der Waals surface area contributed by atoms with Gasteiger partial charge < -0.3 is 15.0 Å². The first-order chi connectivity index (χ1) is 12.9. The van der Waals surface area contributed by atoms with E-state index in [0.717, 1.165) is 0 Å². The molecule has 0 bridgehead atoms. The molecule has 2 rings (SSSR count). The maximum atomic E-state index is 13.2. The summed E-state index contributed by atoms with van der Waals surface area (Å²) in [5.41, 5.74) is 1.30. The van der Waals surface area contributed by atoms with E-state index in [-0.39, 0.29) is 31.4 Å². The van der Waals surface area contributed by atoms with E-state index in [1.54, 1.807) is 37.3 Å². The van der Waals surface area contributed by atoms with Crippen LogP contribution in [0, 0.1) is 5.82 Å². The van der Waals surface area contributed by atoms with E-state index < -0.39 is 11.8 Å². The third-order valence-electron chi connectivity index (χ3n) is 3.74. The van der Waals surface area contributed by atoms with Crippen LogP contribution in [0.15, 0.2) is 48.5 Å². The summed E-state index contributed by atoms with van der Waals surface area (Å²) in [5.74, 6) is -1.46. The quantitative estimate of drug-likeness (QED) is 0.756. The van der Waals surface area contributed by atoms with Gasteiger partial charge in [0.25, 0.3) is 0 Å². The van der Waals surface area contributed by atoms with Crippen molar-refractivity contribution < 1.29 is 23.5 Å². The van der Waals surface area contributed by atoms with Gasteiger partial charge in [-0.3, -0.25) is 9.59 Å². The van der Waals surface area contributed by atoms with Crippen molar-refractivity contribution in [3.8, 4) is 0 Å². The number of amides is 2. The van der Waals surface area contributed by atoms with Gasteiger partial charge in [-0.05, 0) is 49.4 Å². The minimum atomic E-state index is -0.445. The standard InChI is InChI=1S/C20H21FN2O4/c1-3-27-20(26)15-7-9-18(10-8-15)23(14(2)24)12-11-19(25)22-17-6-4-5-16(21)13-17/h4-10,13H,3,11-12H2,1-2H3,(H,22,25). The predicted molar refractivity (Wildman–Crippen MR) is 100 cm³/mol. The minimum Gasteiger partial charge on any atom is -0.462 e. The van der Waals surface area contributed by atoms with Crippen LogP contribution in [0.5, 0.6) is 0 Å². The summed E-state index contributed by atoms with van der Waals surface area (Å²) in [7, 11) is 0. The number of nitrogens with one attached hydrogen (secondary N) is 1. The second-order valence-corrected chi connectivity index (χ2v) is 5.75. The number of hydrogen-bond acceptors (Lipinski definition) is 4. The fraction of sp³-hybridized carbons (Fsp3) is 0.250. The van der Waals surface area contributed by atoms with Gasteiger partial charge in [-0.1, -0.05) is 6.07 Å². The Kier molecular flexibility index (Phi) is 7.05. The van der Waals surface area contributed by atoms with Crippen LogP contribution in [0.25, 0.3) is 0 Å². The Bertz CT molecular complexity index is 821. The van der Waals surface area contributed by atoms with Crippen LogP contribution in [0.1, 0.15) is 30.6 Å². The van der Waals surface area contributed by atoms with Gasteiger partial charge in [0, 0.05) is 31.3 Å². The highest BCUT2D eigenvalue weighted by atomic mass is 19.1. The van der Waals surface area contributed by atoms with Gasteiger partial charge in [0.05, 0.1) is 12.2 Å². The number of benzene rings is 2. The fourth-order valence-corrected chi connectivity index (χ4v) is 2.46. The highest BCUT2D eigenvalue weighted by Crippen LogP contribution is 2.17. The Hall–Kier alpha value is -3.22. The van der Waals surface area contributed by atoms with Crippen molar-refractivity contribution in [3.63, 3.8) is 0 Å². The molecule has 2 aromatic carbocycles. The molecular formula is C20H21FN2O4. The molecule has 0 aliphatic heterocycles. The molecule has 0 atom stereocenters. The van der Waals surface area contributed by atoms with Crippen molar-refractivity contribution in [1.82, 2.24) is 0 Å². The van der Waals surface area contributed by atoms with Crippen LogP contribution in [0.3, 0.4) is 0 Å². The summed E-state index contributed by atoms with van der Waals surface area (Å²) in [6, 6.07) is 12.0. The SMILES string of the molecule is CCOC(=O)c1ccc(N(CCC(=O)Nc2cccc(F)c2)C(C)=O)cc1. The highest BCUT2D eigenvalue weighted by molar-refractivity contribution is 5.95. The second kappa shape index (κ2) is 9.47. The Balaban J connectivity index is 1.99. The first kappa shape index (κ1) is 20.1. The molecule has 0 aromatic heterocycles. The van der Waals surface area contributed by atoms with Gasteiger partial charge in [0.15, 0.2) is 0 Å². The molecule has 7 heteroatoms. The number of hydrogen-bond donors (Lipinski definition) is 1. The van der Waals surface area contributed by atoms with Gasteiger partial charge in [-0.15, -0.1) is 0 Å². The summed E-state index contributed by atoms with van der Waals surface area (Å²) in [6.07, 6.45) is 0.0374. The Labute approximate surface area is 156 Å². The van der Waals surface area contributed by atoms with Crippen molar-refractivity contribution in [2.24, 2.45) is 0 Å². The average Bonchev–Trinajstić information content (AvgIpc) is 2.62. The topological polar surface area (TPSA) is 75.7 Å². The normalized spacial score (nSPS) is 10.2. The maximum Gasteiger partial charge on any atom is 0.338 e. The molecule has 142 valence electrons. The molecule has 0 spiro atoms. The summed E-state index contributed by atoms with van der Waals surface area (Å²) in [6.45, 7) is 3.54. The van der Waals surface area contributed by atoms with E-state index in [0.29, 0.717) is 16.9 Å². The lowest BCUT2D eigenvalue weighted by Gasteiger charge is -2.21. The highest BCUT2D eigenvalue weighted by Gasteiger charge is 2.15. The Morgan fingerprint density at radius 3 is 2.41 bits per heavy atom. The molecule has 0 heterocycles. The first-order valence-electron chi connectivity index (χ1n) is 8.51. The van der Waals surface area contributed by atoms with E-state index in [4.69, 9.17) is 4.74 Å². The molecule has 0 radical (unpaired) electrons. The molecule has 0 unspecified atom stereocenters. The fourth-order valence-electron chi connectivity index (χ4n) is 2.46. The van der Waals surface area contributed by atoms with Crippen molar-refractivity contribution in [1.29, 1.82) is 0 Å². The molecule has 0 aliphatic rings. The maximum absolute atomic E-state index is 13.2.